The fourth-order valence-electron chi connectivity index (χ4n) is 1.78. The highest BCUT2D eigenvalue weighted by Gasteiger charge is 2.06. The van der Waals surface area contributed by atoms with Crippen LogP contribution in [0.25, 0.3) is 11.1 Å². The quantitative estimate of drug-likeness (QED) is 0.918. The SMILES string of the molecule is CS(=O)(=O)NCc1ccccc1-c1ccccc1. The Bertz CT molecular complexity index is 621. The molecule has 0 bridgehead atoms. The zero-order valence-corrected chi connectivity index (χ0v) is 10.9. The fraction of sp³-hybridized carbons (Fsp3) is 0.143. The predicted octanol–water partition coefficient (Wildman–Crippen LogP) is 2.40. The van der Waals surface area contributed by atoms with Gasteiger partial charge in [-0.25, -0.2) is 13.1 Å². The standard InChI is InChI=1S/C14H15NO2S/c1-18(16,17)15-11-13-9-5-6-10-14(13)12-7-3-2-4-8-12/h2-10,15H,11H2,1H3. The Morgan fingerprint density at radius 1 is 0.944 bits per heavy atom. The molecule has 2 rings (SSSR count). The topological polar surface area (TPSA) is 46.2 Å². The van der Waals surface area contributed by atoms with Gasteiger partial charge in [0.15, 0.2) is 0 Å². The van der Waals surface area contributed by atoms with Crippen LogP contribution in [-0.4, -0.2) is 14.7 Å². The van der Waals surface area contributed by atoms with E-state index in [4.69, 9.17) is 0 Å². The molecule has 0 fully saturated rings. The molecule has 0 aliphatic heterocycles. The van der Waals surface area contributed by atoms with Crippen LogP contribution in [0.1, 0.15) is 5.56 Å². The molecule has 0 saturated heterocycles. The summed E-state index contributed by atoms with van der Waals surface area (Å²) in [6.07, 6.45) is 1.16. The van der Waals surface area contributed by atoms with Crippen LogP contribution in [0.15, 0.2) is 54.6 Å². The predicted molar refractivity (Wildman–Crippen MR) is 73.6 cm³/mol. The first kappa shape index (κ1) is 12.8. The van der Waals surface area contributed by atoms with Crippen LogP contribution < -0.4 is 4.72 Å². The minimum atomic E-state index is -3.17. The van der Waals surface area contributed by atoms with Crippen LogP contribution in [0.2, 0.25) is 0 Å². The summed E-state index contributed by atoms with van der Waals surface area (Å²) < 4.78 is 24.8. The lowest BCUT2D eigenvalue weighted by Gasteiger charge is -2.09. The molecule has 94 valence electrons. The maximum Gasteiger partial charge on any atom is 0.209 e. The second-order valence-electron chi connectivity index (χ2n) is 4.12. The van der Waals surface area contributed by atoms with Crippen molar-refractivity contribution >= 4 is 10.0 Å². The van der Waals surface area contributed by atoms with Gasteiger partial charge in [0.05, 0.1) is 6.26 Å². The zero-order valence-electron chi connectivity index (χ0n) is 10.1. The molecule has 0 aromatic heterocycles. The number of sulfonamides is 1. The summed E-state index contributed by atoms with van der Waals surface area (Å²) >= 11 is 0. The van der Waals surface area contributed by atoms with E-state index >= 15 is 0 Å². The lowest BCUT2D eigenvalue weighted by atomic mass is 10.00. The lowest BCUT2D eigenvalue weighted by Crippen LogP contribution is -2.21. The van der Waals surface area contributed by atoms with Gasteiger partial charge in [0, 0.05) is 6.54 Å². The van der Waals surface area contributed by atoms with Gasteiger partial charge < -0.3 is 0 Å². The summed E-state index contributed by atoms with van der Waals surface area (Å²) in [6.45, 7) is 0.309. The molecule has 0 atom stereocenters. The molecule has 0 spiro atoms. The van der Waals surface area contributed by atoms with Gasteiger partial charge in [0.25, 0.3) is 0 Å². The number of hydrogen-bond acceptors (Lipinski definition) is 2. The number of nitrogens with one attached hydrogen (secondary N) is 1. The monoisotopic (exact) mass is 261 g/mol. The second kappa shape index (κ2) is 5.33. The maximum absolute atomic E-state index is 11.1. The van der Waals surface area contributed by atoms with E-state index in [2.05, 4.69) is 4.72 Å². The van der Waals surface area contributed by atoms with Crippen LogP contribution in [0.4, 0.5) is 0 Å². The van der Waals surface area contributed by atoms with Crippen LogP contribution >= 0.6 is 0 Å². The Hall–Kier alpha value is -1.65. The minimum absolute atomic E-state index is 0.309. The lowest BCUT2D eigenvalue weighted by molar-refractivity contribution is 0.587. The van der Waals surface area contributed by atoms with Crippen LogP contribution in [-0.2, 0) is 16.6 Å². The zero-order chi connectivity index (χ0) is 13.0. The van der Waals surface area contributed by atoms with E-state index < -0.39 is 10.0 Å². The average molecular weight is 261 g/mol. The van der Waals surface area contributed by atoms with E-state index in [0.29, 0.717) is 6.54 Å². The average Bonchev–Trinajstić information content (AvgIpc) is 2.37. The van der Waals surface area contributed by atoms with Crippen molar-refractivity contribution in [2.75, 3.05) is 6.26 Å². The molecule has 0 amide bonds. The highest BCUT2D eigenvalue weighted by atomic mass is 32.2. The Kier molecular flexibility index (Phi) is 3.79. The van der Waals surface area contributed by atoms with Crippen molar-refractivity contribution < 1.29 is 8.42 Å². The van der Waals surface area contributed by atoms with Gasteiger partial charge in [-0.1, -0.05) is 54.6 Å². The first-order valence-electron chi connectivity index (χ1n) is 5.64. The highest BCUT2D eigenvalue weighted by molar-refractivity contribution is 7.88. The van der Waals surface area contributed by atoms with Crippen molar-refractivity contribution in [1.29, 1.82) is 0 Å². The molecule has 1 N–H and O–H groups in total. The molecule has 0 radical (unpaired) electrons. The molecule has 3 nitrogen and oxygen atoms in total. The third-order valence-corrected chi connectivity index (χ3v) is 3.30. The molecule has 4 heteroatoms. The van der Waals surface area contributed by atoms with E-state index in [1.807, 2.05) is 54.6 Å². The molecule has 0 unspecified atom stereocenters. The first-order chi connectivity index (χ1) is 8.56. The Labute approximate surface area is 108 Å². The van der Waals surface area contributed by atoms with Crippen molar-refractivity contribution in [2.45, 2.75) is 6.54 Å². The molecular weight excluding hydrogens is 246 g/mol. The fourth-order valence-corrected chi connectivity index (χ4v) is 2.20. The Balaban J connectivity index is 2.32. The maximum atomic E-state index is 11.1. The van der Waals surface area contributed by atoms with Crippen molar-refractivity contribution in [3.8, 4) is 11.1 Å². The van der Waals surface area contributed by atoms with E-state index in [1.165, 1.54) is 0 Å². The van der Waals surface area contributed by atoms with E-state index in [0.717, 1.165) is 22.9 Å². The molecule has 0 saturated carbocycles. The van der Waals surface area contributed by atoms with Gasteiger partial charge in [-0.15, -0.1) is 0 Å². The summed E-state index contributed by atoms with van der Waals surface area (Å²) in [5, 5.41) is 0. The minimum Gasteiger partial charge on any atom is -0.213 e. The van der Waals surface area contributed by atoms with E-state index in [-0.39, 0.29) is 0 Å². The van der Waals surface area contributed by atoms with Crippen LogP contribution in [0.3, 0.4) is 0 Å². The van der Waals surface area contributed by atoms with E-state index in [9.17, 15) is 8.42 Å². The van der Waals surface area contributed by atoms with Crippen molar-refractivity contribution in [2.24, 2.45) is 0 Å². The second-order valence-corrected chi connectivity index (χ2v) is 5.95. The Morgan fingerprint density at radius 3 is 2.22 bits per heavy atom. The largest absolute Gasteiger partial charge is 0.213 e. The third kappa shape index (κ3) is 3.42. The smallest absolute Gasteiger partial charge is 0.209 e. The molecule has 0 heterocycles. The van der Waals surface area contributed by atoms with Crippen molar-refractivity contribution in [3.63, 3.8) is 0 Å². The van der Waals surface area contributed by atoms with Gasteiger partial charge >= 0.3 is 0 Å². The molecule has 0 aliphatic rings. The number of hydrogen-bond donors (Lipinski definition) is 1. The summed E-state index contributed by atoms with van der Waals surface area (Å²) in [7, 11) is -3.17. The van der Waals surface area contributed by atoms with Gasteiger partial charge in [-0.05, 0) is 16.7 Å². The summed E-state index contributed by atoms with van der Waals surface area (Å²) in [4.78, 5) is 0. The normalized spacial score (nSPS) is 11.4. The molecular formula is C14H15NO2S. The van der Waals surface area contributed by atoms with Crippen molar-refractivity contribution in [1.82, 2.24) is 4.72 Å². The highest BCUT2D eigenvalue weighted by Crippen LogP contribution is 2.23. The molecule has 2 aromatic rings. The number of rotatable bonds is 4. The Morgan fingerprint density at radius 2 is 1.56 bits per heavy atom. The van der Waals surface area contributed by atoms with Crippen LogP contribution in [0.5, 0.6) is 0 Å². The summed E-state index contributed by atoms with van der Waals surface area (Å²) in [5.74, 6) is 0. The molecule has 0 aliphatic carbocycles. The van der Waals surface area contributed by atoms with E-state index in [1.54, 1.807) is 0 Å². The third-order valence-electron chi connectivity index (χ3n) is 2.63. The molecule has 2 aromatic carbocycles. The summed E-state index contributed by atoms with van der Waals surface area (Å²) in [5.41, 5.74) is 3.10. The van der Waals surface area contributed by atoms with Crippen LogP contribution in [0, 0.1) is 0 Å². The van der Waals surface area contributed by atoms with Crippen molar-refractivity contribution in [3.05, 3.63) is 60.2 Å². The van der Waals surface area contributed by atoms with Gasteiger partial charge in [-0.3, -0.25) is 0 Å². The van der Waals surface area contributed by atoms with Gasteiger partial charge in [0.2, 0.25) is 10.0 Å². The number of benzene rings is 2. The molecule has 18 heavy (non-hydrogen) atoms. The van der Waals surface area contributed by atoms with Gasteiger partial charge in [0.1, 0.15) is 0 Å². The van der Waals surface area contributed by atoms with Gasteiger partial charge in [-0.2, -0.15) is 0 Å². The summed E-state index contributed by atoms with van der Waals surface area (Å²) in [6, 6.07) is 17.7. The first-order valence-corrected chi connectivity index (χ1v) is 7.53.